The van der Waals surface area contributed by atoms with E-state index < -0.39 is 0 Å². The average molecular weight is 405 g/mol. The van der Waals surface area contributed by atoms with E-state index in [1.807, 2.05) is 24.3 Å². The van der Waals surface area contributed by atoms with Crippen LogP contribution in [0.15, 0.2) is 24.3 Å². The van der Waals surface area contributed by atoms with Crippen molar-refractivity contribution in [2.45, 2.75) is 42.9 Å². The summed E-state index contributed by atoms with van der Waals surface area (Å²) in [6.07, 6.45) is 0.919. The Balaban J connectivity index is 2.22. The molecule has 0 bridgehead atoms. The highest BCUT2D eigenvalue weighted by atomic mass is 127. The van der Waals surface area contributed by atoms with Gasteiger partial charge in [-0.25, -0.2) is 0 Å². The van der Waals surface area contributed by atoms with E-state index in [1.165, 1.54) is 3.57 Å². The maximum absolute atomic E-state index is 12.8. The number of rotatable bonds is 4. The second kappa shape index (κ2) is 7.27. The molecule has 3 unspecified atom stereocenters. The zero-order chi connectivity index (χ0) is 14.7. The molecule has 2 nitrogen and oxygen atoms in total. The molecule has 0 N–H and O–H groups in total. The van der Waals surface area contributed by atoms with Gasteiger partial charge in [0.1, 0.15) is 10.5 Å². The highest BCUT2D eigenvalue weighted by Crippen LogP contribution is 2.28. The summed E-state index contributed by atoms with van der Waals surface area (Å²) < 4.78 is 6.78. The van der Waals surface area contributed by atoms with E-state index >= 15 is 0 Å². The molecule has 1 heterocycles. The molecule has 1 aliphatic rings. The van der Waals surface area contributed by atoms with Gasteiger partial charge >= 0.3 is 0 Å². The molecule has 2 rings (SSSR count). The van der Waals surface area contributed by atoms with Crippen molar-refractivity contribution >= 4 is 39.3 Å². The number of benzene rings is 1. The summed E-state index contributed by atoms with van der Waals surface area (Å²) in [5, 5.41) is 1.11. The molecule has 0 saturated carbocycles. The first kappa shape index (κ1) is 16.3. The van der Waals surface area contributed by atoms with E-state index in [0.29, 0.717) is 16.3 Å². The highest BCUT2D eigenvalue weighted by molar-refractivity contribution is 14.1. The minimum atomic E-state index is 0.116. The summed E-state index contributed by atoms with van der Waals surface area (Å²) >= 11 is 2.27. The van der Waals surface area contributed by atoms with Crippen LogP contribution in [0.4, 0.5) is 0 Å². The quantitative estimate of drug-likeness (QED) is 0.434. The Morgan fingerprint density at radius 3 is 2.35 bits per heavy atom. The van der Waals surface area contributed by atoms with Gasteiger partial charge in [-0.05, 0) is 55.0 Å². The molecular formula is C16H22IO2S+. The number of carbonyl (C=O) groups excluding carboxylic acids is 1. The molecule has 1 saturated heterocycles. The lowest BCUT2D eigenvalue weighted by molar-refractivity contribution is 0.0981. The van der Waals surface area contributed by atoms with Crippen LogP contribution in [0.1, 0.15) is 37.6 Å². The highest BCUT2D eigenvalue weighted by Gasteiger charge is 2.46. The lowest BCUT2D eigenvalue weighted by Gasteiger charge is -2.30. The van der Waals surface area contributed by atoms with Crippen LogP contribution in [0.25, 0.3) is 0 Å². The first-order valence-electron chi connectivity index (χ1n) is 7.12. The SMILES string of the molecule is CCC(C(=O)c1ccc(I)cc1)[S+]1C(C)COCC1C. The maximum Gasteiger partial charge on any atom is 0.214 e. The molecule has 0 amide bonds. The van der Waals surface area contributed by atoms with Gasteiger partial charge in [-0.15, -0.1) is 0 Å². The molecule has 0 aromatic heterocycles. The molecule has 1 aromatic carbocycles. The third-order valence-corrected chi connectivity index (χ3v) is 7.81. The Bertz CT molecular complexity index is 450. The molecule has 0 radical (unpaired) electrons. The van der Waals surface area contributed by atoms with E-state index in [1.54, 1.807) is 0 Å². The van der Waals surface area contributed by atoms with Gasteiger partial charge in [0.05, 0.1) is 13.2 Å². The van der Waals surface area contributed by atoms with Gasteiger partial charge in [-0.3, -0.25) is 4.79 Å². The summed E-state index contributed by atoms with van der Waals surface area (Å²) in [7, 11) is 0.116. The standard InChI is InChI=1S/C16H22IO2S/c1-4-15(20-11(2)9-19-10-12(20)3)16(18)13-5-7-14(17)8-6-13/h5-8,11-12,15H,4,9-10H2,1-3H3/q+1. The van der Waals surface area contributed by atoms with Gasteiger partial charge in [-0.1, -0.05) is 19.1 Å². The number of halogens is 1. The third-order valence-electron chi connectivity index (χ3n) is 3.75. The summed E-state index contributed by atoms with van der Waals surface area (Å²) in [5.74, 6) is 0.313. The fourth-order valence-electron chi connectivity index (χ4n) is 2.82. The Hall–Kier alpha value is -0.0700. The Morgan fingerprint density at radius 1 is 1.30 bits per heavy atom. The van der Waals surface area contributed by atoms with Crippen molar-refractivity contribution in [3.05, 3.63) is 33.4 Å². The average Bonchev–Trinajstić information content (AvgIpc) is 2.43. The molecule has 4 heteroatoms. The maximum atomic E-state index is 12.8. The predicted molar refractivity (Wildman–Crippen MR) is 94.7 cm³/mol. The van der Waals surface area contributed by atoms with Crippen LogP contribution in [-0.2, 0) is 15.6 Å². The number of Topliss-reactive ketones (excluding diaryl/α,β-unsaturated/α-hetero) is 1. The van der Waals surface area contributed by atoms with Gasteiger partial charge < -0.3 is 4.74 Å². The summed E-state index contributed by atoms with van der Waals surface area (Å²) in [4.78, 5) is 12.8. The molecule has 20 heavy (non-hydrogen) atoms. The number of ketones is 1. The van der Waals surface area contributed by atoms with Crippen molar-refractivity contribution in [2.24, 2.45) is 0 Å². The van der Waals surface area contributed by atoms with E-state index in [0.717, 1.165) is 25.2 Å². The third kappa shape index (κ3) is 3.57. The molecule has 1 fully saturated rings. The largest absolute Gasteiger partial charge is 0.371 e. The van der Waals surface area contributed by atoms with E-state index in [4.69, 9.17) is 4.74 Å². The fourth-order valence-corrected chi connectivity index (χ4v) is 6.37. The molecule has 1 aromatic rings. The van der Waals surface area contributed by atoms with Crippen LogP contribution in [-0.4, -0.2) is 34.7 Å². The first-order valence-corrected chi connectivity index (χ1v) is 9.62. The lowest BCUT2D eigenvalue weighted by Crippen LogP contribution is -2.49. The second-order valence-corrected chi connectivity index (χ2v) is 9.58. The number of hydrogen-bond acceptors (Lipinski definition) is 2. The van der Waals surface area contributed by atoms with Crippen molar-refractivity contribution in [1.29, 1.82) is 0 Å². The van der Waals surface area contributed by atoms with Gasteiger partial charge in [0.15, 0.2) is 5.25 Å². The lowest BCUT2D eigenvalue weighted by atomic mass is 10.1. The zero-order valence-electron chi connectivity index (χ0n) is 12.3. The van der Waals surface area contributed by atoms with Gasteiger partial charge in [0, 0.05) is 20.0 Å². The van der Waals surface area contributed by atoms with Crippen LogP contribution in [0.3, 0.4) is 0 Å². The molecule has 3 atom stereocenters. The molecule has 0 aliphatic carbocycles. The van der Waals surface area contributed by atoms with E-state index in [-0.39, 0.29) is 16.1 Å². The van der Waals surface area contributed by atoms with E-state index in [9.17, 15) is 4.79 Å². The zero-order valence-corrected chi connectivity index (χ0v) is 15.2. The van der Waals surface area contributed by atoms with Crippen LogP contribution in [0.2, 0.25) is 0 Å². The van der Waals surface area contributed by atoms with Crippen molar-refractivity contribution in [1.82, 2.24) is 0 Å². The fraction of sp³-hybridized carbons (Fsp3) is 0.562. The van der Waals surface area contributed by atoms with Crippen LogP contribution >= 0.6 is 22.6 Å². The van der Waals surface area contributed by atoms with Gasteiger partial charge in [-0.2, -0.15) is 0 Å². The predicted octanol–water partition coefficient (Wildman–Crippen LogP) is 3.68. The second-order valence-electron chi connectivity index (χ2n) is 5.33. The normalized spacial score (nSPS) is 28.1. The van der Waals surface area contributed by atoms with Crippen molar-refractivity contribution in [3.8, 4) is 0 Å². The van der Waals surface area contributed by atoms with Gasteiger partial charge in [0.25, 0.3) is 0 Å². The molecule has 110 valence electrons. The van der Waals surface area contributed by atoms with Crippen LogP contribution in [0, 0.1) is 3.57 Å². The molecular weight excluding hydrogens is 383 g/mol. The monoisotopic (exact) mass is 405 g/mol. The van der Waals surface area contributed by atoms with Crippen LogP contribution in [0.5, 0.6) is 0 Å². The Kier molecular flexibility index (Phi) is 5.93. The first-order chi connectivity index (χ1) is 9.54. The van der Waals surface area contributed by atoms with Crippen molar-refractivity contribution < 1.29 is 9.53 Å². The van der Waals surface area contributed by atoms with Crippen molar-refractivity contribution in [2.75, 3.05) is 13.2 Å². The molecule has 0 spiro atoms. The number of hydrogen-bond donors (Lipinski definition) is 0. The van der Waals surface area contributed by atoms with Crippen LogP contribution < -0.4 is 0 Å². The van der Waals surface area contributed by atoms with Gasteiger partial charge in [0.2, 0.25) is 5.78 Å². The van der Waals surface area contributed by atoms with E-state index in [2.05, 4.69) is 43.4 Å². The number of ether oxygens (including phenoxy) is 1. The van der Waals surface area contributed by atoms with Crippen molar-refractivity contribution in [3.63, 3.8) is 0 Å². The Morgan fingerprint density at radius 2 is 1.85 bits per heavy atom. The minimum Gasteiger partial charge on any atom is -0.371 e. The molecule has 1 aliphatic heterocycles. The summed E-state index contributed by atoms with van der Waals surface area (Å²) in [6.45, 7) is 8.18. The Labute approximate surface area is 138 Å². The minimum absolute atomic E-state index is 0.116. The topological polar surface area (TPSA) is 26.3 Å². The summed E-state index contributed by atoms with van der Waals surface area (Å²) in [6, 6.07) is 7.96. The summed E-state index contributed by atoms with van der Waals surface area (Å²) in [5.41, 5.74) is 0.857. The smallest absolute Gasteiger partial charge is 0.214 e. The number of carbonyl (C=O) groups is 1.